The highest BCUT2D eigenvalue weighted by molar-refractivity contribution is 6.32. The molecule has 2 rings (SSSR count). The zero-order valence-electron chi connectivity index (χ0n) is 9.33. The Morgan fingerprint density at radius 1 is 1.35 bits per heavy atom. The average molecular weight is 280 g/mol. The summed E-state index contributed by atoms with van der Waals surface area (Å²) in [5, 5.41) is 9.91. The van der Waals surface area contributed by atoms with Gasteiger partial charge in [-0.1, -0.05) is 24.4 Å². The zero-order chi connectivity index (χ0) is 11.7. The lowest BCUT2D eigenvalue weighted by atomic mass is 9.91. The van der Waals surface area contributed by atoms with Gasteiger partial charge in [0.05, 0.1) is 5.02 Å². The van der Waals surface area contributed by atoms with Crippen molar-refractivity contribution >= 4 is 24.0 Å². The molecule has 1 atom stereocenters. The van der Waals surface area contributed by atoms with Crippen LogP contribution in [0.15, 0.2) is 12.1 Å². The second-order valence-corrected chi connectivity index (χ2v) is 4.77. The highest BCUT2D eigenvalue weighted by atomic mass is 35.5. The Bertz CT molecular complexity index is 394. The molecule has 5 heteroatoms. The maximum atomic E-state index is 13.6. The van der Waals surface area contributed by atoms with Gasteiger partial charge in [-0.15, -0.1) is 12.4 Å². The van der Waals surface area contributed by atoms with Crippen molar-refractivity contribution in [1.29, 1.82) is 0 Å². The summed E-state index contributed by atoms with van der Waals surface area (Å²) in [6.07, 6.45) is 4.24. The molecule has 0 saturated heterocycles. The third kappa shape index (κ3) is 2.84. The Morgan fingerprint density at radius 3 is 2.53 bits per heavy atom. The van der Waals surface area contributed by atoms with Crippen LogP contribution < -0.4 is 5.73 Å². The second kappa shape index (κ2) is 5.89. The minimum absolute atomic E-state index is 0. The van der Waals surface area contributed by atoms with Crippen molar-refractivity contribution in [3.8, 4) is 5.75 Å². The molecule has 1 aliphatic carbocycles. The Labute approximate surface area is 111 Å². The molecule has 0 radical (unpaired) electrons. The molecule has 1 aliphatic rings. The van der Waals surface area contributed by atoms with Crippen LogP contribution in [0, 0.1) is 11.7 Å². The van der Waals surface area contributed by atoms with Crippen LogP contribution in [0.3, 0.4) is 0 Å². The molecule has 0 aromatic heterocycles. The van der Waals surface area contributed by atoms with Crippen LogP contribution in [0.1, 0.15) is 37.3 Å². The third-order valence-electron chi connectivity index (χ3n) is 3.36. The predicted molar refractivity (Wildman–Crippen MR) is 69.2 cm³/mol. The summed E-state index contributed by atoms with van der Waals surface area (Å²) < 4.78 is 13.6. The fourth-order valence-electron chi connectivity index (χ4n) is 2.43. The maximum Gasteiger partial charge on any atom is 0.141 e. The minimum Gasteiger partial charge on any atom is -0.506 e. The van der Waals surface area contributed by atoms with Crippen LogP contribution in [-0.4, -0.2) is 5.11 Å². The van der Waals surface area contributed by atoms with Crippen LogP contribution in [0.25, 0.3) is 0 Å². The van der Waals surface area contributed by atoms with Crippen LogP contribution >= 0.6 is 24.0 Å². The number of benzene rings is 1. The molecular weight excluding hydrogens is 264 g/mol. The average Bonchev–Trinajstić information content (AvgIpc) is 2.77. The number of hydrogen-bond donors (Lipinski definition) is 2. The number of phenols is 1. The quantitative estimate of drug-likeness (QED) is 0.865. The van der Waals surface area contributed by atoms with Crippen molar-refractivity contribution in [3.05, 3.63) is 28.5 Å². The molecule has 1 aromatic carbocycles. The Morgan fingerprint density at radius 2 is 1.94 bits per heavy atom. The molecule has 2 nitrogen and oxygen atoms in total. The first-order valence-electron chi connectivity index (χ1n) is 5.53. The molecule has 0 amide bonds. The van der Waals surface area contributed by atoms with E-state index in [4.69, 9.17) is 17.3 Å². The lowest BCUT2D eigenvalue weighted by Gasteiger charge is -2.21. The van der Waals surface area contributed by atoms with Gasteiger partial charge in [0.1, 0.15) is 11.6 Å². The smallest absolute Gasteiger partial charge is 0.141 e. The van der Waals surface area contributed by atoms with Crippen LogP contribution in [0.5, 0.6) is 5.75 Å². The molecule has 0 spiro atoms. The van der Waals surface area contributed by atoms with E-state index in [1.807, 2.05) is 0 Å². The van der Waals surface area contributed by atoms with E-state index in [9.17, 15) is 9.50 Å². The number of aromatic hydroxyl groups is 1. The standard InChI is InChI=1S/C12H15ClFNO.ClH/c13-8-5-6-9(14)10(12(8)16)11(15)7-3-1-2-4-7;/h5-7,11,16H,1-4,15H2;1H/t11-;/m0./s1. The molecule has 3 N–H and O–H groups in total. The highest BCUT2D eigenvalue weighted by Gasteiger charge is 2.28. The second-order valence-electron chi connectivity index (χ2n) is 4.36. The minimum atomic E-state index is -0.471. The molecular formula is C12H16Cl2FNO. The van der Waals surface area contributed by atoms with Gasteiger partial charge in [0, 0.05) is 11.6 Å². The maximum absolute atomic E-state index is 13.6. The first-order valence-corrected chi connectivity index (χ1v) is 5.91. The normalized spacial score (nSPS) is 17.8. The van der Waals surface area contributed by atoms with Gasteiger partial charge in [-0.2, -0.15) is 0 Å². The van der Waals surface area contributed by atoms with Gasteiger partial charge >= 0.3 is 0 Å². The van der Waals surface area contributed by atoms with E-state index in [2.05, 4.69) is 0 Å². The molecule has 0 unspecified atom stereocenters. The summed E-state index contributed by atoms with van der Waals surface area (Å²) in [4.78, 5) is 0. The van der Waals surface area contributed by atoms with Crippen molar-refractivity contribution in [2.75, 3.05) is 0 Å². The monoisotopic (exact) mass is 279 g/mol. The topological polar surface area (TPSA) is 46.2 Å². The number of hydrogen-bond acceptors (Lipinski definition) is 2. The van der Waals surface area contributed by atoms with E-state index in [0.717, 1.165) is 25.7 Å². The summed E-state index contributed by atoms with van der Waals surface area (Å²) in [5.41, 5.74) is 6.18. The molecule has 17 heavy (non-hydrogen) atoms. The van der Waals surface area contributed by atoms with Crippen LogP contribution in [-0.2, 0) is 0 Å². The third-order valence-corrected chi connectivity index (χ3v) is 3.66. The summed E-state index contributed by atoms with van der Waals surface area (Å²) in [5.74, 6) is -0.429. The van der Waals surface area contributed by atoms with Gasteiger partial charge in [-0.25, -0.2) is 4.39 Å². The van der Waals surface area contributed by atoms with Gasteiger partial charge in [-0.05, 0) is 30.9 Å². The van der Waals surface area contributed by atoms with E-state index in [0.29, 0.717) is 0 Å². The molecule has 1 saturated carbocycles. The number of nitrogens with two attached hydrogens (primary N) is 1. The van der Waals surface area contributed by atoms with Gasteiger partial charge in [0.25, 0.3) is 0 Å². The summed E-state index contributed by atoms with van der Waals surface area (Å²) in [6.45, 7) is 0. The molecule has 1 aromatic rings. The van der Waals surface area contributed by atoms with E-state index < -0.39 is 11.9 Å². The first-order chi connectivity index (χ1) is 7.61. The van der Waals surface area contributed by atoms with Crippen molar-refractivity contribution < 1.29 is 9.50 Å². The van der Waals surface area contributed by atoms with E-state index >= 15 is 0 Å². The Hall–Kier alpha value is -0.510. The Balaban J connectivity index is 0.00000144. The zero-order valence-corrected chi connectivity index (χ0v) is 10.9. The molecule has 0 bridgehead atoms. The number of rotatable bonds is 2. The number of halogens is 3. The van der Waals surface area contributed by atoms with Gasteiger partial charge < -0.3 is 10.8 Å². The predicted octanol–water partition coefficient (Wildman–Crippen LogP) is 3.80. The summed E-state index contributed by atoms with van der Waals surface area (Å²) >= 11 is 5.76. The fourth-order valence-corrected chi connectivity index (χ4v) is 2.59. The first kappa shape index (κ1) is 14.6. The number of phenolic OH excluding ortho intramolecular Hbond substituents is 1. The van der Waals surface area contributed by atoms with Crippen molar-refractivity contribution in [2.24, 2.45) is 11.7 Å². The van der Waals surface area contributed by atoms with Crippen LogP contribution in [0.4, 0.5) is 4.39 Å². The van der Waals surface area contributed by atoms with Gasteiger partial charge in [0.2, 0.25) is 0 Å². The Kier molecular flexibility index (Phi) is 5.04. The van der Waals surface area contributed by atoms with Crippen molar-refractivity contribution in [3.63, 3.8) is 0 Å². The van der Waals surface area contributed by atoms with Crippen molar-refractivity contribution in [1.82, 2.24) is 0 Å². The lowest BCUT2D eigenvalue weighted by Crippen LogP contribution is -2.20. The highest BCUT2D eigenvalue weighted by Crippen LogP contribution is 2.40. The SMILES string of the molecule is Cl.N[C@H](c1c(F)ccc(Cl)c1O)C1CCCC1. The van der Waals surface area contributed by atoms with Gasteiger partial charge in [-0.3, -0.25) is 0 Å². The van der Waals surface area contributed by atoms with Gasteiger partial charge in [0.15, 0.2) is 0 Å². The van der Waals surface area contributed by atoms with E-state index in [1.54, 1.807) is 0 Å². The van der Waals surface area contributed by atoms with E-state index in [-0.39, 0.29) is 34.7 Å². The fraction of sp³-hybridized carbons (Fsp3) is 0.500. The molecule has 0 heterocycles. The largest absolute Gasteiger partial charge is 0.506 e. The van der Waals surface area contributed by atoms with Crippen LogP contribution in [0.2, 0.25) is 5.02 Å². The molecule has 96 valence electrons. The summed E-state index contributed by atoms with van der Waals surface area (Å²) in [6, 6.07) is 2.14. The molecule has 1 fully saturated rings. The lowest BCUT2D eigenvalue weighted by molar-refractivity contribution is 0.396. The van der Waals surface area contributed by atoms with Crippen molar-refractivity contribution in [2.45, 2.75) is 31.7 Å². The van der Waals surface area contributed by atoms with E-state index in [1.165, 1.54) is 12.1 Å². The molecule has 0 aliphatic heterocycles. The summed E-state index contributed by atoms with van der Waals surface area (Å²) in [7, 11) is 0.